The van der Waals surface area contributed by atoms with Crippen LogP contribution in [0.1, 0.15) is 11.1 Å². The highest BCUT2D eigenvalue weighted by Gasteiger charge is 2.12. The number of para-hydroxylation sites is 1. The molecule has 0 saturated heterocycles. The van der Waals surface area contributed by atoms with E-state index >= 15 is 0 Å². The van der Waals surface area contributed by atoms with Crippen LogP contribution in [0.3, 0.4) is 0 Å². The zero-order chi connectivity index (χ0) is 21.8. The summed E-state index contributed by atoms with van der Waals surface area (Å²) in [7, 11) is 1.65. The third kappa shape index (κ3) is 4.48. The van der Waals surface area contributed by atoms with E-state index in [0.717, 1.165) is 27.8 Å². The van der Waals surface area contributed by atoms with Gasteiger partial charge in [-0.05, 0) is 42.3 Å². The molecule has 0 aliphatic carbocycles. The molecule has 0 atom stereocenters. The van der Waals surface area contributed by atoms with Crippen LogP contribution in [0.2, 0.25) is 0 Å². The van der Waals surface area contributed by atoms with Gasteiger partial charge in [-0.2, -0.15) is 5.10 Å². The van der Waals surface area contributed by atoms with E-state index in [2.05, 4.69) is 10.4 Å². The van der Waals surface area contributed by atoms with Crippen LogP contribution < -0.4 is 15.6 Å². The number of carbonyl (C=O) groups is 1. The van der Waals surface area contributed by atoms with Gasteiger partial charge in [0.15, 0.2) is 6.61 Å². The summed E-state index contributed by atoms with van der Waals surface area (Å²) in [6.45, 7) is 2.33. The average molecular weight is 413 g/mol. The highest BCUT2D eigenvalue weighted by atomic mass is 16.5. The van der Waals surface area contributed by atoms with Crippen molar-refractivity contribution in [2.45, 2.75) is 13.5 Å². The highest BCUT2D eigenvalue weighted by molar-refractivity contribution is 5.93. The molecule has 6 heteroatoms. The number of rotatable bonds is 6. The second-order valence-corrected chi connectivity index (χ2v) is 7.34. The summed E-state index contributed by atoms with van der Waals surface area (Å²) in [5.74, 6) is 0.461. The molecule has 1 amide bonds. The summed E-state index contributed by atoms with van der Waals surface area (Å²) < 4.78 is 6.86. The summed E-state index contributed by atoms with van der Waals surface area (Å²) in [6, 6.07) is 22.7. The van der Waals surface area contributed by atoms with Crippen LogP contribution in [0.15, 0.2) is 77.6 Å². The first-order valence-electron chi connectivity index (χ1n) is 10.0. The standard InChI is InChI=1S/C25H23N3O3/c1-17-12-13-18(24-21-10-6-7-11-22(21)25(30)28(2)27-24)14-19(17)15-26-23(29)16-31-20-8-4-3-5-9-20/h3-14H,15-16H2,1-2H3,(H,26,29). The number of carbonyl (C=O) groups excluding carboxylic acids is 1. The van der Waals surface area contributed by atoms with E-state index in [0.29, 0.717) is 17.7 Å². The summed E-state index contributed by atoms with van der Waals surface area (Å²) in [4.78, 5) is 24.6. The molecule has 1 aromatic heterocycles. The smallest absolute Gasteiger partial charge is 0.274 e. The Morgan fingerprint density at radius 3 is 2.48 bits per heavy atom. The van der Waals surface area contributed by atoms with E-state index in [9.17, 15) is 9.59 Å². The van der Waals surface area contributed by atoms with Crippen molar-refractivity contribution < 1.29 is 9.53 Å². The van der Waals surface area contributed by atoms with Gasteiger partial charge >= 0.3 is 0 Å². The fourth-order valence-corrected chi connectivity index (χ4v) is 3.43. The molecule has 6 nitrogen and oxygen atoms in total. The van der Waals surface area contributed by atoms with Crippen molar-refractivity contribution in [3.63, 3.8) is 0 Å². The SMILES string of the molecule is Cc1ccc(-c2nn(C)c(=O)c3ccccc23)cc1CNC(=O)COc1ccccc1. The van der Waals surface area contributed by atoms with Crippen molar-refractivity contribution in [2.75, 3.05) is 6.61 Å². The molecule has 31 heavy (non-hydrogen) atoms. The summed E-state index contributed by atoms with van der Waals surface area (Å²) in [5, 5.41) is 8.84. The average Bonchev–Trinajstić information content (AvgIpc) is 2.80. The Morgan fingerprint density at radius 1 is 1.00 bits per heavy atom. The molecule has 0 saturated carbocycles. The molecular formula is C25H23N3O3. The van der Waals surface area contributed by atoms with Crippen LogP contribution in [0.5, 0.6) is 5.75 Å². The van der Waals surface area contributed by atoms with Gasteiger partial charge in [-0.25, -0.2) is 4.68 Å². The molecule has 1 heterocycles. The fourth-order valence-electron chi connectivity index (χ4n) is 3.43. The Morgan fingerprint density at radius 2 is 1.71 bits per heavy atom. The third-order valence-corrected chi connectivity index (χ3v) is 5.17. The second-order valence-electron chi connectivity index (χ2n) is 7.34. The molecule has 0 unspecified atom stereocenters. The van der Waals surface area contributed by atoms with Crippen LogP contribution >= 0.6 is 0 Å². The summed E-state index contributed by atoms with van der Waals surface area (Å²) in [6.07, 6.45) is 0. The van der Waals surface area contributed by atoms with Crippen molar-refractivity contribution in [1.82, 2.24) is 15.1 Å². The molecule has 0 spiro atoms. The number of hydrogen-bond acceptors (Lipinski definition) is 4. The van der Waals surface area contributed by atoms with Crippen LogP contribution in [-0.4, -0.2) is 22.3 Å². The predicted molar refractivity (Wildman–Crippen MR) is 121 cm³/mol. The van der Waals surface area contributed by atoms with Crippen molar-refractivity contribution in [3.05, 3.63) is 94.3 Å². The van der Waals surface area contributed by atoms with Gasteiger partial charge in [0.25, 0.3) is 11.5 Å². The molecule has 3 aromatic carbocycles. The normalized spacial score (nSPS) is 10.8. The van der Waals surface area contributed by atoms with E-state index in [1.807, 2.05) is 79.7 Å². The molecule has 4 rings (SSSR count). The first-order valence-corrected chi connectivity index (χ1v) is 10.0. The largest absolute Gasteiger partial charge is 0.484 e. The third-order valence-electron chi connectivity index (χ3n) is 5.17. The number of benzene rings is 3. The van der Waals surface area contributed by atoms with Gasteiger partial charge < -0.3 is 10.1 Å². The topological polar surface area (TPSA) is 73.2 Å². The van der Waals surface area contributed by atoms with E-state index in [4.69, 9.17) is 4.74 Å². The van der Waals surface area contributed by atoms with E-state index in [1.165, 1.54) is 4.68 Å². The van der Waals surface area contributed by atoms with Crippen molar-refractivity contribution in [1.29, 1.82) is 0 Å². The minimum absolute atomic E-state index is 0.0459. The Bertz CT molecular complexity index is 1300. The Labute approximate surface area is 180 Å². The zero-order valence-electron chi connectivity index (χ0n) is 17.5. The molecule has 0 aliphatic heterocycles. The maximum atomic E-state index is 12.4. The van der Waals surface area contributed by atoms with Gasteiger partial charge in [-0.15, -0.1) is 0 Å². The minimum Gasteiger partial charge on any atom is -0.484 e. The van der Waals surface area contributed by atoms with E-state index in [-0.39, 0.29) is 18.1 Å². The summed E-state index contributed by atoms with van der Waals surface area (Å²) in [5.41, 5.74) is 3.53. The van der Waals surface area contributed by atoms with Gasteiger partial charge in [-0.1, -0.05) is 48.5 Å². The Hall–Kier alpha value is -3.93. The maximum Gasteiger partial charge on any atom is 0.274 e. The fraction of sp³-hybridized carbons (Fsp3) is 0.160. The molecule has 1 N–H and O–H groups in total. The molecule has 0 fully saturated rings. The minimum atomic E-state index is -0.195. The highest BCUT2D eigenvalue weighted by Crippen LogP contribution is 2.26. The van der Waals surface area contributed by atoms with Crippen LogP contribution in [0.4, 0.5) is 0 Å². The Kier molecular flexibility index (Phi) is 5.80. The Balaban J connectivity index is 1.54. The number of nitrogens with zero attached hydrogens (tertiary/aromatic N) is 2. The number of hydrogen-bond donors (Lipinski definition) is 1. The van der Waals surface area contributed by atoms with Crippen LogP contribution in [-0.2, 0) is 18.4 Å². The summed E-state index contributed by atoms with van der Waals surface area (Å²) >= 11 is 0. The van der Waals surface area contributed by atoms with Gasteiger partial charge in [0.1, 0.15) is 5.75 Å². The molecular weight excluding hydrogens is 390 g/mol. The lowest BCUT2D eigenvalue weighted by Crippen LogP contribution is -2.28. The van der Waals surface area contributed by atoms with E-state index in [1.54, 1.807) is 7.05 Å². The maximum absolute atomic E-state index is 12.4. The van der Waals surface area contributed by atoms with Gasteiger partial charge in [0.05, 0.1) is 11.1 Å². The molecule has 0 bridgehead atoms. The van der Waals surface area contributed by atoms with E-state index < -0.39 is 0 Å². The van der Waals surface area contributed by atoms with Crippen molar-refractivity contribution in [2.24, 2.45) is 7.05 Å². The first-order chi connectivity index (χ1) is 15.0. The van der Waals surface area contributed by atoms with Gasteiger partial charge in [0, 0.05) is 24.5 Å². The predicted octanol–water partition coefficient (Wildman–Crippen LogP) is 3.60. The second kappa shape index (κ2) is 8.83. The van der Waals surface area contributed by atoms with Crippen molar-refractivity contribution in [3.8, 4) is 17.0 Å². The van der Waals surface area contributed by atoms with Crippen LogP contribution in [0.25, 0.3) is 22.0 Å². The number of amides is 1. The van der Waals surface area contributed by atoms with Crippen molar-refractivity contribution >= 4 is 16.7 Å². The molecule has 0 radical (unpaired) electrons. The lowest BCUT2D eigenvalue weighted by atomic mass is 10.00. The monoisotopic (exact) mass is 413 g/mol. The number of fused-ring (bicyclic) bond motifs is 1. The quantitative estimate of drug-likeness (QED) is 0.524. The lowest BCUT2D eigenvalue weighted by Gasteiger charge is -2.13. The first kappa shape index (κ1) is 20.3. The number of aryl methyl sites for hydroxylation is 2. The lowest BCUT2D eigenvalue weighted by molar-refractivity contribution is -0.123. The molecule has 156 valence electrons. The molecule has 0 aliphatic rings. The number of aromatic nitrogens is 2. The number of ether oxygens (including phenoxy) is 1. The zero-order valence-corrected chi connectivity index (χ0v) is 17.5. The van der Waals surface area contributed by atoms with Crippen LogP contribution in [0, 0.1) is 6.92 Å². The molecule has 4 aromatic rings. The van der Waals surface area contributed by atoms with Gasteiger partial charge in [0.2, 0.25) is 0 Å². The number of nitrogens with one attached hydrogen (secondary N) is 1. The van der Waals surface area contributed by atoms with Gasteiger partial charge in [-0.3, -0.25) is 9.59 Å².